The normalized spacial score (nSPS) is 37.0. The molecule has 1 saturated carbocycles. The smallest absolute Gasteiger partial charge is 0.275 e. The van der Waals surface area contributed by atoms with Crippen LogP contribution in [0.5, 0.6) is 0 Å². The molecule has 0 amide bonds. The minimum absolute atomic E-state index is 0.104. The highest BCUT2D eigenvalue weighted by atomic mass is 19.3. The van der Waals surface area contributed by atoms with Gasteiger partial charge in [0, 0.05) is 18.1 Å². The third-order valence-corrected chi connectivity index (χ3v) is 5.96. The first-order valence-corrected chi connectivity index (χ1v) is 9.02. The van der Waals surface area contributed by atoms with Gasteiger partial charge >= 0.3 is 0 Å². The van der Waals surface area contributed by atoms with Crippen molar-refractivity contribution in [2.24, 2.45) is 11.8 Å². The van der Waals surface area contributed by atoms with E-state index in [0.29, 0.717) is 12.3 Å². The van der Waals surface area contributed by atoms with Crippen LogP contribution in [0.2, 0.25) is 0 Å². The van der Waals surface area contributed by atoms with Crippen LogP contribution < -0.4 is 5.32 Å². The largest absolute Gasteiger partial charge is 0.303 e. The summed E-state index contributed by atoms with van der Waals surface area (Å²) in [6.07, 6.45) is 4.93. The lowest BCUT2D eigenvalue weighted by Crippen LogP contribution is -2.63. The lowest BCUT2D eigenvalue weighted by molar-refractivity contribution is -0.105. The van der Waals surface area contributed by atoms with E-state index in [1.54, 1.807) is 0 Å². The molecule has 0 spiro atoms. The van der Waals surface area contributed by atoms with Gasteiger partial charge in [-0.3, -0.25) is 4.90 Å². The highest BCUT2D eigenvalue weighted by Crippen LogP contribution is 2.38. The molecule has 1 unspecified atom stereocenters. The molecule has 2 aliphatic rings. The number of nitrogens with one attached hydrogen (secondary N) is 1. The summed E-state index contributed by atoms with van der Waals surface area (Å²) in [6, 6.07) is -0.466. The Kier molecular flexibility index (Phi) is 5.54. The molecule has 1 atom stereocenters. The Morgan fingerprint density at radius 1 is 1.05 bits per heavy atom. The van der Waals surface area contributed by atoms with Gasteiger partial charge in [-0.2, -0.15) is 0 Å². The topological polar surface area (TPSA) is 15.3 Å². The Hall–Kier alpha value is -0.220. The van der Waals surface area contributed by atoms with Crippen molar-refractivity contribution in [2.75, 3.05) is 13.1 Å². The van der Waals surface area contributed by atoms with E-state index >= 15 is 0 Å². The van der Waals surface area contributed by atoms with Gasteiger partial charge < -0.3 is 5.32 Å². The molecule has 0 aromatic heterocycles. The van der Waals surface area contributed by atoms with Crippen molar-refractivity contribution in [2.45, 2.75) is 90.3 Å². The Bertz CT molecular complexity index is 360. The highest BCUT2D eigenvalue weighted by molar-refractivity contribution is 4.99. The van der Waals surface area contributed by atoms with Gasteiger partial charge in [0.15, 0.2) is 0 Å². The summed E-state index contributed by atoms with van der Waals surface area (Å²) >= 11 is 0. The minimum atomic E-state index is -2.62. The number of piperidine rings is 1. The van der Waals surface area contributed by atoms with E-state index in [1.165, 1.54) is 0 Å². The molecule has 0 aromatic rings. The second-order valence-electron chi connectivity index (χ2n) is 8.45. The molecule has 4 heteroatoms. The van der Waals surface area contributed by atoms with E-state index in [-0.39, 0.29) is 18.1 Å². The van der Waals surface area contributed by atoms with Crippen LogP contribution in [-0.4, -0.2) is 41.5 Å². The number of hydrogen-bond acceptors (Lipinski definition) is 2. The van der Waals surface area contributed by atoms with E-state index < -0.39 is 12.0 Å². The zero-order chi connectivity index (χ0) is 16.5. The monoisotopic (exact) mass is 316 g/mol. The van der Waals surface area contributed by atoms with Crippen molar-refractivity contribution < 1.29 is 8.78 Å². The quantitative estimate of drug-likeness (QED) is 0.832. The summed E-state index contributed by atoms with van der Waals surface area (Å²) in [6.45, 7) is 11.4. The van der Waals surface area contributed by atoms with Crippen molar-refractivity contribution >= 4 is 0 Å². The summed E-state index contributed by atoms with van der Waals surface area (Å²) < 4.78 is 29.0. The van der Waals surface area contributed by atoms with Gasteiger partial charge in [-0.15, -0.1) is 0 Å². The summed E-state index contributed by atoms with van der Waals surface area (Å²) in [5.74, 6) is -1.15. The second kappa shape index (κ2) is 6.72. The fourth-order valence-electron chi connectivity index (χ4n) is 4.09. The van der Waals surface area contributed by atoms with Gasteiger partial charge in [0.2, 0.25) is 0 Å². The van der Waals surface area contributed by atoms with Gasteiger partial charge in [-0.25, -0.2) is 8.78 Å². The molecule has 2 nitrogen and oxygen atoms in total. The van der Waals surface area contributed by atoms with Crippen LogP contribution in [0.1, 0.15) is 66.7 Å². The SMILES string of the molecule is CC(C)C1CCC(C)(NC2CCN(C(C)C)CC2(F)F)CC1. The van der Waals surface area contributed by atoms with Gasteiger partial charge in [-0.1, -0.05) is 13.8 Å². The molecule has 1 aliphatic heterocycles. The maximum atomic E-state index is 14.5. The molecular weight excluding hydrogens is 282 g/mol. The molecule has 2 rings (SSSR count). The van der Waals surface area contributed by atoms with Crippen molar-refractivity contribution in [3.63, 3.8) is 0 Å². The molecule has 1 saturated heterocycles. The summed E-state index contributed by atoms with van der Waals surface area (Å²) in [5, 5.41) is 3.37. The summed E-state index contributed by atoms with van der Waals surface area (Å²) in [5.41, 5.74) is -0.112. The lowest BCUT2D eigenvalue weighted by atomic mass is 9.73. The standard InChI is InChI=1S/C18H34F2N2/c1-13(2)15-6-9-17(5,10-7-15)21-16-8-11-22(14(3)4)12-18(16,19)20/h13-16,21H,6-12H2,1-5H3. The van der Waals surface area contributed by atoms with Crippen LogP contribution in [-0.2, 0) is 0 Å². The minimum Gasteiger partial charge on any atom is -0.303 e. The first-order valence-electron chi connectivity index (χ1n) is 9.02. The molecule has 1 aliphatic carbocycles. The number of alkyl halides is 2. The van der Waals surface area contributed by atoms with Crippen LogP contribution in [0.15, 0.2) is 0 Å². The predicted molar refractivity (Wildman–Crippen MR) is 88.4 cm³/mol. The average Bonchev–Trinajstić information content (AvgIpc) is 2.41. The molecule has 0 bridgehead atoms. The van der Waals surface area contributed by atoms with Gasteiger partial charge in [0.1, 0.15) is 0 Å². The maximum Gasteiger partial charge on any atom is 0.275 e. The molecule has 1 heterocycles. The van der Waals surface area contributed by atoms with E-state index in [4.69, 9.17) is 0 Å². The lowest BCUT2D eigenvalue weighted by Gasteiger charge is -2.47. The molecule has 0 radical (unpaired) electrons. The Morgan fingerprint density at radius 3 is 2.09 bits per heavy atom. The Balaban J connectivity index is 1.93. The predicted octanol–water partition coefficient (Wildman–Crippen LogP) is 4.30. The Morgan fingerprint density at radius 2 is 1.64 bits per heavy atom. The van der Waals surface area contributed by atoms with Crippen molar-refractivity contribution in [1.29, 1.82) is 0 Å². The third-order valence-electron chi connectivity index (χ3n) is 5.96. The number of rotatable bonds is 4. The summed E-state index contributed by atoms with van der Waals surface area (Å²) in [4.78, 5) is 1.90. The second-order valence-corrected chi connectivity index (χ2v) is 8.45. The first-order chi connectivity index (χ1) is 10.1. The Labute approximate surface area is 135 Å². The molecule has 2 fully saturated rings. The zero-order valence-electron chi connectivity index (χ0n) is 15.0. The average molecular weight is 316 g/mol. The van der Waals surface area contributed by atoms with E-state index in [1.807, 2.05) is 18.7 Å². The number of hydrogen-bond donors (Lipinski definition) is 1. The van der Waals surface area contributed by atoms with Crippen LogP contribution in [0.25, 0.3) is 0 Å². The van der Waals surface area contributed by atoms with Crippen molar-refractivity contribution in [3.05, 3.63) is 0 Å². The highest BCUT2D eigenvalue weighted by Gasteiger charge is 2.47. The zero-order valence-corrected chi connectivity index (χ0v) is 15.0. The van der Waals surface area contributed by atoms with Crippen LogP contribution >= 0.6 is 0 Å². The number of halogens is 2. The first kappa shape index (κ1) is 18.1. The fourth-order valence-corrected chi connectivity index (χ4v) is 4.09. The van der Waals surface area contributed by atoms with E-state index in [2.05, 4.69) is 26.1 Å². The molecule has 130 valence electrons. The number of nitrogens with zero attached hydrogens (tertiary/aromatic N) is 1. The van der Waals surface area contributed by atoms with E-state index in [0.717, 1.165) is 38.1 Å². The molecular formula is C18H34F2N2. The molecule has 1 N–H and O–H groups in total. The van der Waals surface area contributed by atoms with Gasteiger partial charge in [0.25, 0.3) is 5.92 Å². The molecule has 22 heavy (non-hydrogen) atoms. The molecule has 0 aromatic carbocycles. The van der Waals surface area contributed by atoms with Crippen LogP contribution in [0, 0.1) is 11.8 Å². The van der Waals surface area contributed by atoms with Crippen molar-refractivity contribution in [3.8, 4) is 0 Å². The van der Waals surface area contributed by atoms with Gasteiger partial charge in [0.05, 0.1) is 12.6 Å². The third kappa shape index (κ3) is 4.19. The summed E-state index contributed by atoms with van der Waals surface area (Å²) in [7, 11) is 0. The fraction of sp³-hybridized carbons (Fsp3) is 1.00. The number of likely N-dealkylation sites (tertiary alicyclic amines) is 1. The van der Waals surface area contributed by atoms with Crippen LogP contribution in [0.3, 0.4) is 0 Å². The van der Waals surface area contributed by atoms with Gasteiger partial charge in [-0.05, 0) is 64.7 Å². The van der Waals surface area contributed by atoms with Crippen LogP contribution in [0.4, 0.5) is 8.78 Å². The van der Waals surface area contributed by atoms with Crippen molar-refractivity contribution in [1.82, 2.24) is 10.2 Å². The maximum absolute atomic E-state index is 14.5. The van der Waals surface area contributed by atoms with E-state index in [9.17, 15) is 8.78 Å².